The van der Waals surface area contributed by atoms with Crippen molar-refractivity contribution in [1.29, 1.82) is 0 Å². The normalized spacial score (nSPS) is 27.4. The summed E-state index contributed by atoms with van der Waals surface area (Å²) in [5.74, 6) is 0.00911. The Kier molecular flexibility index (Phi) is 3.22. The van der Waals surface area contributed by atoms with Gasteiger partial charge in [0.05, 0.1) is 5.41 Å². The Labute approximate surface area is 127 Å². The van der Waals surface area contributed by atoms with E-state index in [1.54, 1.807) is 6.07 Å². The zero-order chi connectivity index (χ0) is 16.4. The maximum atomic E-state index is 13.9. The van der Waals surface area contributed by atoms with Crippen molar-refractivity contribution < 1.29 is 9.18 Å². The van der Waals surface area contributed by atoms with Crippen molar-refractivity contribution in [3.8, 4) is 0 Å². The maximum absolute atomic E-state index is 13.9. The minimum atomic E-state index is -0.616. The average Bonchev–Trinajstić information content (AvgIpc) is 2.33. The summed E-state index contributed by atoms with van der Waals surface area (Å²) < 4.78 is 13.9. The third-order valence-electron chi connectivity index (χ3n) is 6.28. The van der Waals surface area contributed by atoms with E-state index in [4.69, 9.17) is 0 Å². The fraction of sp³-hybridized carbons (Fsp3) is 0.632. The highest BCUT2D eigenvalue weighted by Gasteiger charge is 2.60. The van der Waals surface area contributed by atoms with Crippen LogP contribution in [0.4, 0.5) is 4.39 Å². The Morgan fingerprint density at radius 1 is 0.905 bits per heavy atom. The summed E-state index contributed by atoms with van der Waals surface area (Å²) in [7, 11) is 0. The van der Waals surface area contributed by atoms with Gasteiger partial charge in [-0.2, -0.15) is 0 Å². The number of Topliss-reactive ketones (excluding diaryl/α,β-unsaturated/α-hetero) is 1. The molecule has 0 heterocycles. The number of halogens is 1. The van der Waals surface area contributed by atoms with E-state index >= 15 is 0 Å². The lowest BCUT2D eigenvalue weighted by Gasteiger charge is -2.56. The van der Waals surface area contributed by atoms with Crippen molar-refractivity contribution in [3.05, 3.63) is 35.1 Å². The third-order valence-corrected chi connectivity index (χ3v) is 6.28. The third kappa shape index (κ3) is 1.84. The van der Waals surface area contributed by atoms with Crippen LogP contribution in [0.25, 0.3) is 0 Å². The highest BCUT2D eigenvalue weighted by atomic mass is 19.1. The minimum absolute atomic E-state index is 0.232. The number of fused-ring (bicyclic) bond motifs is 1. The van der Waals surface area contributed by atoms with E-state index in [9.17, 15) is 9.18 Å². The molecule has 0 amide bonds. The molecule has 0 N–H and O–H groups in total. The maximum Gasteiger partial charge on any atom is 0.150 e. The molecule has 0 unspecified atom stereocenters. The molecule has 1 aromatic rings. The standard InChI is InChI=1S/C19H27FO/c1-16(2,3)19(8)13-10-9-12(20)11-14(13)17(4,5)18(6,7)15(19)21/h9-11H,1-8H3/t19-/m0/s1. The predicted octanol–water partition coefficient (Wildman–Crippen LogP) is 5.02. The number of ketones is 1. The highest BCUT2D eigenvalue weighted by molar-refractivity contribution is 5.98. The molecule has 1 atom stereocenters. The van der Waals surface area contributed by atoms with E-state index in [1.807, 2.05) is 40.7 Å². The summed E-state index contributed by atoms with van der Waals surface area (Å²) in [6.45, 7) is 16.4. The van der Waals surface area contributed by atoms with Crippen molar-refractivity contribution in [2.24, 2.45) is 10.8 Å². The lowest BCUT2D eigenvalue weighted by Crippen LogP contribution is -2.60. The first kappa shape index (κ1) is 16.2. The molecule has 0 fully saturated rings. The van der Waals surface area contributed by atoms with Crippen LogP contribution in [0.3, 0.4) is 0 Å². The van der Waals surface area contributed by atoms with Gasteiger partial charge in [0.1, 0.15) is 11.6 Å². The van der Waals surface area contributed by atoms with Gasteiger partial charge in [-0.05, 0) is 35.6 Å². The largest absolute Gasteiger partial charge is 0.298 e. The molecule has 0 spiro atoms. The molecule has 1 aliphatic carbocycles. The number of carbonyl (C=O) groups is 1. The molecular weight excluding hydrogens is 263 g/mol. The smallest absolute Gasteiger partial charge is 0.150 e. The van der Waals surface area contributed by atoms with Gasteiger partial charge in [0.15, 0.2) is 0 Å². The van der Waals surface area contributed by atoms with E-state index < -0.39 is 16.2 Å². The minimum Gasteiger partial charge on any atom is -0.298 e. The quantitative estimate of drug-likeness (QED) is 0.656. The first-order valence-electron chi connectivity index (χ1n) is 7.63. The Morgan fingerprint density at radius 3 is 1.90 bits per heavy atom. The second-order valence-electron chi connectivity index (χ2n) is 8.64. The fourth-order valence-corrected chi connectivity index (χ4v) is 3.58. The summed E-state index contributed by atoms with van der Waals surface area (Å²) in [5, 5.41) is 0. The molecule has 0 bridgehead atoms. The monoisotopic (exact) mass is 290 g/mol. The lowest BCUT2D eigenvalue weighted by molar-refractivity contribution is -0.142. The van der Waals surface area contributed by atoms with E-state index in [0.29, 0.717) is 0 Å². The van der Waals surface area contributed by atoms with Gasteiger partial charge in [-0.1, -0.05) is 54.5 Å². The molecule has 2 heteroatoms. The summed E-state index contributed by atoms with van der Waals surface area (Å²) in [5.41, 5.74) is 0.150. The molecule has 0 radical (unpaired) electrons. The number of rotatable bonds is 0. The van der Waals surface area contributed by atoms with Crippen molar-refractivity contribution in [2.75, 3.05) is 0 Å². The summed E-state index contributed by atoms with van der Waals surface area (Å²) in [6, 6.07) is 4.91. The summed E-state index contributed by atoms with van der Waals surface area (Å²) >= 11 is 0. The van der Waals surface area contributed by atoms with E-state index in [2.05, 4.69) is 20.8 Å². The zero-order valence-electron chi connectivity index (χ0n) is 14.5. The number of hydrogen-bond acceptors (Lipinski definition) is 1. The molecule has 21 heavy (non-hydrogen) atoms. The molecule has 1 aromatic carbocycles. The highest BCUT2D eigenvalue weighted by Crippen LogP contribution is 2.58. The molecule has 0 aromatic heterocycles. The Hall–Kier alpha value is -1.18. The van der Waals surface area contributed by atoms with Crippen molar-refractivity contribution in [3.63, 3.8) is 0 Å². The second kappa shape index (κ2) is 4.18. The molecule has 1 nitrogen and oxygen atoms in total. The first-order chi connectivity index (χ1) is 9.28. The van der Waals surface area contributed by atoms with Gasteiger partial charge in [0.2, 0.25) is 0 Å². The number of hydrogen-bond donors (Lipinski definition) is 0. The topological polar surface area (TPSA) is 17.1 Å². The predicted molar refractivity (Wildman–Crippen MR) is 85.0 cm³/mol. The molecule has 0 aliphatic heterocycles. The SMILES string of the molecule is CC1(C)C(=O)[C@@](C)(C(C)(C)C)c2ccc(F)cc2C1(C)C. The number of benzene rings is 1. The average molecular weight is 290 g/mol. The molecule has 0 saturated heterocycles. The van der Waals surface area contributed by atoms with E-state index in [-0.39, 0.29) is 17.0 Å². The van der Waals surface area contributed by atoms with Crippen LogP contribution in [0.15, 0.2) is 18.2 Å². The Morgan fingerprint density at radius 2 is 1.43 bits per heavy atom. The van der Waals surface area contributed by atoms with Gasteiger partial charge in [-0.25, -0.2) is 4.39 Å². The van der Waals surface area contributed by atoms with Crippen LogP contribution in [0, 0.1) is 16.6 Å². The summed E-state index contributed by atoms with van der Waals surface area (Å²) in [4.78, 5) is 13.4. The first-order valence-corrected chi connectivity index (χ1v) is 7.63. The Balaban J connectivity index is 2.93. The van der Waals surface area contributed by atoms with Gasteiger partial charge in [-0.3, -0.25) is 4.79 Å². The zero-order valence-corrected chi connectivity index (χ0v) is 14.5. The van der Waals surface area contributed by atoms with Crippen molar-refractivity contribution in [2.45, 2.75) is 66.2 Å². The van der Waals surface area contributed by atoms with Crippen LogP contribution in [0.5, 0.6) is 0 Å². The van der Waals surface area contributed by atoms with Crippen molar-refractivity contribution in [1.82, 2.24) is 0 Å². The van der Waals surface area contributed by atoms with Gasteiger partial charge >= 0.3 is 0 Å². The van der Waals surface area contributed by atoms with E-state index in [0.717, 1.165) is 11.1 Å². The van der Waals surface area contributed by atoms with Crippen LogP contribution in [0.1, 0.15) is 66.5 Å². The van der Waals surface area contributed by atoms with Crippen LogP contribution < -0.4 is 0 Å². The van der Waals surface area contributed by atoms with Crippen LogP contribution in [-0.2, 0) is 15.6 Å². The fourth-order valence-electron chi connectivity index (χ4n) is 3.58. The molecule has 2 rings (SSSR count). The molecule has 116 valence electrons. The summed E-state index contributed by atoms with van der Waals surface area (Å²) in [6.07, 6.45) is 0. The van der Waals surface area contributed by atoms with Gasteiger partial charge < -0.3 is 0 Å². The molecule has 1 aliphatic rings. The number of carbonyl (C=O) groups excluding carboxylic acids is 1. The van der Waals surface area contributed by atoms with Crippen molar-refractivity contribution >= 4 is 5.78 Å². The van der Waals surface area contributed by atoms with Crippen LogP contribution in [0.2, 0.25) is 0 Å². The van der Waals surface area contributed by atoms with Crippen LogP contribution in [-0.4, -0.2) is 5.78 Å². The lowest BCUT2D eigenvalue weighted by atomic mass is 9.45. The molecule has 0 saturated carbocycles. The molecular formula is C19H27FO. The van der Waals surface area contributed by atoms with Gasteiger partial charge in [-0.15, -0.1) is 0 Å². The van der Waals surface area contributed by atoms with Gasteiger partial charge in [0, 0.05) is 10.8 Å². The van der Waals surface area contributed by atoms with Gasteiger partial charge in [0.25, 0.3) is 0 Å². The Bertz CT molecular complexity index is 604. The van der Waals surface area contributed by atoms with Crippen LogP contribution >= 0.6 is 0 Å². The van der Waals surface area contributed by atoms with E-state index in [1.165, 1.54) is 6.07 Å². The second-order valence-corrected chi connectivity index (χ2v) is 8.64.